The highest BCUT2D eigenvalue weighted by atomic mass is 35.5. The van der Waals surface area contributed by atoms with E-state index in [2.05, 4.69) is 15.3 Å². The average molecular weight is 366 g/mol. The summed E-state index contributed by atoms with van der Waals surface area (Å²) in [6, 6.07) is 5.64. The van der Waals surface area contributed by atoms with Gasteiger partial charge in [-0.3, -0.25) is 0 Å². The highest BCUT2D eigenvalue weighted by molar-refractivity contribution is 6.42. The second-order valence-electron chi connectivity index (χ2n) is 5.71. The number of nitrogens with one attached hydrogen (secondary N) is 1. The molecule has 7 heteroatoms. The fourth-order valence-electron chi connectivity index (χ4n) is 2.74. The average Bonchev–Trinajstić information content (AvgIpc) is 2.54. The number of halogens is 2. The van der Waals surface area contributed by atoms with Crippen LogP contribution in [0.1, 0.15) is 42.1 Å². The predicted octanol–water partition coefficient (Wildman–Crippen LogP) is 4.45. The van der Waals surface area contributed by atoms with E-state index in [-0.39, 0.29) is 5.54 Å². The lowest BCUT2D eigenvalue weighted by Gasteiger charge is -2.43. The minimum absolute atomic E-state index is 0.250. The molecule has 0 unspecified atom stereocenters. The molecular weight excluding hydrogens is 349 g/mol. The molecule has 126 valence electrons. The van der Waals surface area contributed by atoms with E-state index < -0.39 is 5.97 Å². The molecule has 0 spiro atoms. The predicted molar refractivity (Wildman–Crippen MR) is 93.6 cm³/mol. The molecule has 1 aromatic heterocycles. The van der Waals surface area contributed by atoms with Gasteiger partial charge in [0.15, 0.2) is 0 Å². The molecule has 1 aliphatic rings. The first-order valence-electron chi connectivity index (χ1n) is 7.77. The van der Waals surface area contributed by atoms with Gasteiger partial charge in [0.25, 0.3) is 0 Å². The number of nitrogens with zero attached hydrogens (tertiary/aromatic N) is 2. The van der Waals surface area contributed by atoms with Crippen LogP contribution in [0.5, 0.6) is 0 Å². The fraction of sp³-hybridized carbons (Fsp3) is 0.353. The SMILES string of the molecule is CCOC(=O)c1cnc(NC2(c3ccc(Cl)c(Cl)c3)CCC2)nc1. The van der Waals surface area contributed by atoms with Crippen LogP contribution in [-0.4, -0.2) is 22.5 Å². The van der Waals surface area contributed by atoms with Crippen molar-refractivity contribution in [2.75, 3.05) is 11.9 Å². The molecule has 0 aliphatic heterocycles. The summed E-state index contributed by atoms with van der Waals surface area (Å²) < 4.78 is 4.93. The van der Waals surface area contributed by atoms with Gasteiger partial charge in [-0.25, -0.2) is 14.8 Å². The van der Waals surface area contributed by atoms with Crippen LogP contribution in [0.2, 0.25) is 10.0 Å². The number of hydrogen-bond donors (Lipinski definition) is 1. The van der Waals surface area contributed by atoms with Crippen LogP contribution < -0.4 is 5.32 Å². The number of aromatic nitrogens is 2. The van der Waals surface area contributed by atoms with Crippen LogP contribution in [0.3, 0.4) is 0 Å². The second-order valence-corrected chi connectivity index (χ2v) is 6.52. The van der Waals surface area contributed by atoms with E-state index in [1.807, 2.05) is 12.1 Å². The van der Waals surface area contributed by atoms with Crippen molar-refractivity contribution in [1.82, 2.24) is 9.97 Å². The van der Waals surface area contributed by atoms with Crippen LogP contribution in [0, 0.1) is 0 Å². The summed E-state index contributed by atoms with van der Waals surface area (Å²) in [6.07, 6.45) is 5.94. The summed E-state index contributed by atoms with van der Waals surface area (Å²) in [7, 11) is 0. The van der Waals surface area contributed by atoms with Gasteiger partial charge in [-0.2, -0.15) is 0 Å². The fourth-order valence-corrected chi connectivity index (χ4v) is 3.03. The Morgan fingerprint density at radius 3 is 2.50 bits per heavy atom. The first kappa shape index (κ1) is 17.0. The van der Waals surface area contributed by atoms with E-state index in [1.165, 1.54) is 12.4 Å². The van der Waals surface area contributed by atoms with Crippen molar-refractivity contribution in [2.24, 2.45) is 0 Å². The molecule has 0 saturated heterocycles. The van der Waals surface area contributed by atoms with E-state index in [1.54, 1.807) is 13.0 Å². The zero-order chi connectivity index (χ0) is 17.2. The van der Waals surface area contributed by atoms with Gasteiger partial charge in [-0.15, -0.1) is 0 Å². The van der Waals surface area contributed by atoms with Crippen LogP contribution in [-0.2, 0) is 10.3 Å². The lowest BCUT2D eigenvalue weighted by molar-refractivity contribution is 0.0525. The molecule has 24 heavy (non-hydrogen) atoms. The molecule has 0 radical (unpaired) electrons. The maximum Gasteiger partial charge on any atom is 0.341 e. The Labute approximate surface area is 150 Å². The number of anilines is 1. The number of carbonyl (C=O) groups is 1. The van der Waals surface area contributed by atoms with Gasteiger partial charge in [0, 0.05) is 12.4 Å². The summed E-state index contributed by atoms with van der Waals surface area (Å²) in [5.41, 5.74) is 1.14. The number of ether oxygens (including phenoxy) is 1. The standard InChI is InChI=1S/C17H17Cl2N3O2/c1-2-24-15(23)11-9-20-16(21-10-11)22-17(6-3-7-17)12-4-5-13(18)14(19)8-12/h4-5,8-10H,2-3,6-7H2,1H3,(H,20,21,22). The third-order valence-electron chi connectivity index (χ3n) is 4.19. The van der Waals surface area contributed by atoms with E-state index in [9.17, 15) is 4.79 Å². The Hall–Kier alpha value is -1.85. The second kappa shape index (κ2) is 6.95. The molecule has 0 atom stereocenters. The van der Waals surface area contributed by atoms with Crippen molar-refractivity contribution in [2.45, 2.75) is 31.7 Å². The Balaban J connectivity index is 1.80. The summed E-state index contributed by atoms with van der Waals surface area (Å²) >= 11 is 12.2. The van der Waals surface area contributed by atoms with Gasteiger partial charge in [-0.1, -0.05) is 29.3 Å². The molecule has 1 aliphatic carbocycles. The Kier molecular flexibility index (Phi) is 4.92. The van der Waals surface area contributed by atoms with E-state index in [4.69, 9.17) is 27.9 Å². The lowest BCUT2D eigenvalue weighted by atomic mass is 9.72. The topological polar surface area (TPSA) is 64.1 Å². The highest BCUT2D eigenvalue weighted by Gasteiger charge is 2.39. The van der Waals surface area contributed by atoms with Crippen molar-refractivity contribution in [1.29, 1.82) is 0 Å². The van der Waals surface area contributed by atoms with Gasteiger partial charge in [0.2, 0.25) is 5.95 Å². The normalized spacial score (nSPS) is 15.5. The number of esters is 1. The van der Waals surface area contributed by atoms with Crippen LogP contribution in [0.15, 0.2) is 30.6 Å². The van der Waals surface area contributed by atoms with Gasteiger partial charge < -0.3 is 10.1 Å². The lowest BCUT2D eigenvalue weighted by Crippen LogP contribution is -2.42. The van der Waals surface area contributed by atoms with Gasteiger partial charge >= 0.3 is 5.97 Å². The van der Waals surface area contributed by atoms with Crippen molar-refractivity contribution < 1.29 is 9.53 Å². The number of carbonyl (C=O) groups excluding carboxylic acids is 1. The molecular formula is C17H17Cl2N3O2. The van der Waals surface area contributed by atoms with Gasteiger partial charge in [0.1, 0.15) is 0 Å². The van der Waals surface area contributed by atoms with Crippen molar-refractivity contribution in [3.63, 3.8) is 0 Å². The van der Waals surface area contributed by atoms with Crippen LogP contribution in [0.4, 0.5) is 5.95 Å². The van der Waals surface area contributed by atoms with E-state index >= 15 is 0 Å². The third kappa shape index (κ3) is 3.32. The molecule has 1 aromatic carbocycles. The maximum atomic E-state index is 11.6. The summed E-state index contributed by atoms with van der Waals surface area (Å²) in [4.78, 5) is 20.1. The monoisotopic (exact) mass is 365 g/mol. The van der Waals surface area contributed by atoms with Crippen LogP contribution >= 0.6 is 23.2 Å². The molecule has 0 bridgehead atoms. The number of benzene rings is 1. The van der Waals surface area contributed by atoms with Crippen molar-refractivity contribution in [3.8, 4) is 0 Å². The minimum Gasteiger partial charge on any atom is -0.462 e. The molecule has 3 rings (SSSR count). The van der Waals surface area contributed by atoms with Gasteiger partial charge in [0.05, 0.1) is 27.8 Å². The Bertz CT molecular complexity index is 746. The smallest absolute Gasteiger partial charge is 0.341 e. The first-order chi connectivity index (χ1) is 11.5. The first-order valence-corrected chi connectivity index (χ1v) is 8.52. The van der Waals surface area contributed by atoms with Crippen molar-refractivity contribution >= 4 is 35.1 Å². The molecule has 5 nitrogen and oxygen atoms in total. The summed E-state index contributed by atoms with van der Waals surface area (Å²) in [6.45, 7) is 2.07. The number of rotatable bonds is 5. The molecule has 1 heterocycles. The summed E-state index contributed by atoms with van der Waals surface area (Å²) in [5, 5.41) is 4.44. The zero-order valence-electron chi connectivity index (χ0n) is 13.2. The quantitative estimate of drug-likeness (QED) is 0.792. The largest absolute Gasteiger partial charge is 0.462 e. The van der Waals surface area contributed by atoms with Gasteiger partial charge in [-0.05, 0) is 43.9 Å². The number of hydrogen-bond acceptors (Lipinski definition) is 5. The van der Waals surface area contributed by atoms with Crippen LogP contribution in [0.25, 0.3) is 0 Å². The molecule has 1 N–H and O–H groups in total. The molecule has 2 aromatic rings. The van der Waals surface area contributed by atoms with E-state index in [0.717, 1.165) is 24.8 Å². The third-order valence-corrected chi connectivity index (χ3v) is 4.93. The molecule has 1 saturated carbocycles. The Morgan fingerprint density at radius 2 is 1.96 bits per heavy atom. The van der Waals surface area contributed by atoms with Crippen molar-refractivity contribution in [3.05, 3.63) is 51.8 Å². The zero-order valence-corrected chi connectivity index (χ0v) is 14.7. The maximum absolute atomic E-state index is 11.6. The summed E-state index contributed by atoms with van der Waals surface area (Å²) in [5.74, 6) is 0.0423. The highest BCUT2D eigenvalue weighted by Crippen LogP contribution is 2.44. The Morgan fingerprint density at radius 1 is 1.25 bits per heavy atom. The molecule has 1 fully saturated rings. The van der Waals surface area contributed by atoms with E-state index in [0.29, 0.717) is 28.2 Å². The molecule has 0 amide bonds. The minimum atomic E-state index is -0.424.